The number of carbonyl (C=O) groups excluding carboxylic acids is 3. The molecule has 0 rings (SSSR count). The van der Waals surface area contributed by atoms with Crippen molar-refractivity contribution in [1.29, 1.82) is 0 Å². The molecule has 0 aromatic rings. The molecule has 0 fully saturated rings. The van der Waals surface area contributed by atoms with Gasteiger partial charge in [0, 0.05) is 19.3 Å². The SMILES string of the molecule is CC/C=C\C/C=C\C/C=C\C/C=C\C/C=C\C/C=C\CCC(=O)OC(COC(=O)CCCCCCCCCCCCCCCC)COC(=O)CCCCCCCCCCCCCCCCC/C=C\C/C=C\CCCCCCC. The summed E-state index contributed by atoms with van der Waals surface area (Å²) in [6.07, 6.45) is 88.7. The quantitative estimate of drug-likeness (QED) is 0.0261. The first-order valence-corrected chi connectivity index (χ1v) is 33.2. The largest absolute Gasteiger partial charge is 0.462 e. The van der Waals surface area contributed by atoms with Crippen molar-refractivity contribution in [3.8, 4) is 0 Å². The predicted molar refractivity (Wildman–Crippen MR) is 339 cm³/mol. The monoisotopic (exact) mass is 1080 g/mol. The summed E-state index contributed by atoms with van der Waals surface area (Å²) in [7, 11) is 0. The third-order valence-electron chi connectivity index (χ3n) is 14.3. The Morgan fingerprint density at radius 1 is 0.269 bits per heavy atom. The molecule has 448 valence electrons. The van der Waals surface area contributed by atoms with Gasteiger partial charge in [0.2, 0.25) is 0 Å². The molecule has 1 atom stereocenters. The molecule has 0 amide bonds. The molecule has 0 aliphatic rings. The van der Waals surface area contributed by atoms with Crippen molar-refractivity contribution in [2.45, 2.75) is 329 Å². The molecule has 0 heterocycles. The third-order valence-corrected chi connectivity index (χ3v) is 14.3. The Morgan fingerprint density at radius 2 is 0.526 bits per heavy atom. The summed E-state index contributed by atoms with van der Waals surface area (Å²) in [5.74, 6) is -0.977. The van der Waals surface area contributed by atoms with Gasteiger partial charge in [-0.1, -0.05) is 311 Å². The fourth-order valence-corrected chi connectivity index (χ4v) is 9.38. The maximum absolute atomic E-state index is 12.9. The average Bonchev–Trinajstić information content (AvgIpc) is 3.44. The fraction of sp³-hybridized carbons (Fsp3) is 0.736. The number of rotatable bonds is 60. The summed E-state index contributed by atoms with van der Waals surface area (Å²) in [5.41, 5.74) is 0. The molecular formula is C72H124O6. The molecule has 6 nitrogen and oxygen atoms in total. The summed E-state index contributed by atoms with van der Waals surface area (Å²) in [4.78, 5) is 38.3. The maximum atomic E-state index is 12.9. The van der Waals surface area contributed by atoms with Crippen LogP contribution >= 0.6 is 0 Å². The summed E-state index contributed by atoms with van der Waals surface area (Å²) >= 11 is 0. The minimum Gasteiger partial charge on any atom is -0.462 e. The highest BCUT2D eigenvalue weighted by molar-refractivity contribution is 5.71. The van der Waals surface area contributed by atoms with E-state index in [0.717, 1.165) is 83.5 Å². The van der Waals surface area contributed by atoms with Crippen LogP contribution in [0.4, 0.5) is 0 Å². The van der Waals surface area contributed by atoms with Crippen molar-refractivity contribution in [2.24, 2.45) is 0 Å². The van der Waals surface area contributed by atoms with Crippen LogP contribution in [0.5, 0.6) is 0 Å². The Kier molecular flexibility index (Phi) is 62.7. The molecule has 0 aliphatic heterocycles. The van der Waals surface area contributed by atoms with Crippen molar-refractivity contribution in [2.75, 3.05) is 13.2 Å². The second-order valence-corrected chi connectivity index (χ2v) is 22.0. The molecule has 0 saturated carbocycles. The fourth-order valence-electron chi connectivity index (χ4n) is 9.38. The molecule has 0 spiro atoms. The Morgan fingerprint density at radius 3 is 0.833 bits per heavy atom. The second kappa shape index (κ2) is 65.8. The van der Waals surface area contributed by atoms with E-state index >= 15 is 0 Å². The van der Waals surface area contributed by atoms with E-state index < -0.39 is 6.10 Å². The molecule has 78 heavy (non-hydrogen) atoms. The molecule has 0 bridgehead atoms. The van der Waals surface area contributed by atoms with E-state index in [9.17, 15) is 14.4 Å². The number of hydrogen-bond donors (Lipinski definition) is 0. The lowest BCUT2D eigenvalue weighted by molar-refractivity contribution is -0.166. The molecular weight excluding hydrogens is 961 g/mol. The van der Waals surface area contributed by atoms with Crippen LogP contribution in [0.3, 0.4) is 0 Å². The van der Waals surface area contributed by atoms with Crippen LogP contribution in [0.2, 0.25) is 0 Å². The van der Waals surface area contributed by atoms with Crippen molar-refractivity contribution in [3.63, 3.8) is 0 Å². The Hall–Kier alpha value is -3.67. The van der Waals surface area contributed by atoms with Gasteiger partial charge >= 0.3 is 17.9 Å². The van der Waals surface area contributed by atoms with Gasteiger partial charge in [0.15, 0.2) is 6.10 Å². The maximum Gasteiger partial charge on any atom is 0.306 e. The van der Waals surface area contributed by atoms with Gasteiger partial charge in [-0.3, -0.25) is 14.4 Å². The Labute approximate surface area is 483 Å². The van der Waals surface area contributed by atoms with Gasteiger partial charge in [-0.15, -0.1) is 0 Å². The number of allylic oxidation sites excluding steroid dienone is 16. The lowest BCUT2D eigenvalue weighted by Gasteiger charge is -2.18. The van der Waals surface area contributed by atoms with E-state index in [2.05, 4.69) is 112 Å². The van der Waals surface area contributed by atoms with Crippen molar-refractivity contribution < 1.29 is 28.6 Å². The molecule has 0 radical (unpaired) electrons. The van der Waals surface area contributed by atoms with Gasteiger partial charge in [-0.05, 0) is 89.9 Å². The van der Waals surface area contributed by atoms with Gasteiger partial charge < -0.3 is 14.2 Å². The number of esters is 3. The average molecular weight is 1090 g/mol. The first-order valence-electron chi connectivity index (χ1n) is 33.2. The van der Waals surface area contributed by atoms with E-state index in [1.165, 1.54) is 193 Å². The van der Waals surface area contributed by atoms with Gasteiger partial charge in [0.25, 0.3) is 0 Å². The summed E-state index contributed by atoms with van der Waals surface area (Å²) in [6, 6.07) is 0. The summed E-state index contributed by atoms with van der Waals surface area (Å²) in [5, 5.41) is 0. The number of hydrogen-bond acceptors (Lipinski definition) is 6. The smallest absolute Gasteiger partial charge is 0.306 e. The highest BCUT2D eigenvalue weighted by atomic mass is 16.6. The van der Waals surface area contributed by atoms with Crippen molar-refractivity contribution in [3.05, 3.63) is 97.2 Å². The molecule has 0 saturated heterocycles. The zero-order valence-electron chi connectivity index (χ0n) is 51.4. The number of ether oxygens (including phenoxy) is 3. The van der Waals surface area contributed by atoms with E-state index in [-0.39, 0.29) is 37.5 Å². The van der Waals surface area contributed by atoms with Crippen LogP contribution in [-0.4, -0.2) is 37.2 Å². The third kappa shape index (κ3) is 63.2. The van der Waals surface area contributed by atoms with E-state index in [1.54, 1.807) is 0 Å². The number of unbranched alkanes of at least 4 members (excludes halogenated alkanes) is 33. The Bertz CT molecular complexity index is 1530. The van der Waals surface area contributed by atoms with Crippen LogP contribution in [0.25, 0.3) is 0 Å². The van der Waals surface area contributed by atoms with Gasteiger partial charge in [0.1, 0.15) is 13.2 Å². The van der Waals surface area contributed by atoms with E-state index in [4.69, 9.17) is 14.2 Å². The van der Waals surface area contributed by atoms with Crippen LogP contribution in [-0.2, 0) is 28.6 Å². The molecule has 0 N–H and O–H groups in total. The standard InChI is InChI=1S/C72H124O6/c1-4-7-10-13-16-19-22-25-28-30-32-33-34-35-36-37-38-39-41-42-44-47-50-53-56-59-62-65-71(74)77-68-69(67-76-70(73)64-61-58-55-52-49-46-27-24-21-18-15-12-9-6-3)78-72(75)66-63-60-57-54-51-48-45-43-40-31-29-26-23-20-17-14-11-8-5-2/h8,11,17,20,22,25-26,29-30,32,40,43,48,51,57,60,69H,4-7,9-10,12-16,18-19,21,23-24,27-28,31,33-39,41-42,44-47,49-50,52-56,58-59,61-68H2,1-3H3/b11-8-,20-17-,25-22-,29-26-,32-30-,43-40-,51-48-,60-57-. The zero-order valence-corrected chi connectivity index (χ0v) is 51.4. The Balaban J connectivity index is 4.36. The van der Waals surface area contributed by atoms with Crippen molar-refractivity contribution >= 4 is 17.9 Å². The molecule has 1 unspecified atom stereocenters. The van der Waals surface area contributed by atoms with Gasteiger partial charge in [0.05, 0.1) is 0 Å². The minimum absolute atomic E-state index is 0.104. The van der Waals surface area contributed by atoms with Crippen LogP contribution in [0.15, 0.2) is 97.2 Å². The predicted octanol–water partition coefficient (Wildman–Crippen LogP) is 22.8. The summed E-state index contributed by atoms with van der Waals surface area (Å²) < 4.78 is 16.9. The lowest BCUT2D eigenvalue weighted by Crippen LogP contribution is -2.30. The molecule has 0 aromatic carbocycles. The zero-order chi connectivity index (χ0) is 56.4. The van der Waals surface area contributed by atoms with Crippen LogP contribution in [0.1, 0.15) is 323 Å². The van der Waals surface area contributed by atoms with Crippen LogP contribution in [0, 0.1) is 0 Å². The summed E-state index contributed by atoms with van der Waals surface area (Å²) in [6.45, 7) is 6.49. The number of carbonyl (C=O) groups is 3. The highest BCUT2D eigenvalue weighted by Gasteiger charge is 2.19. The van der Waals surface area contributed by atoms with Gasteiger partial charge in [-0.25, -0.2) is 0 Å². The normalized spacial score (nSPS) is 12.7. The second-order valence-electron chi connectivity index (χ2n) is 22.0. The first-order chi connectivity index (χ1) is 38.5. The molecule has 0 aromatic heterocycles. The molecule has 6 heteroatoms. The first kappa shape index (κ1) is 74.3. The molecule has 0 aliphatic carbocycles. The van der Waals surface area contributed by atoms with Crippen LogP contribution < -0.4 is 0 Å². The van der Waals surface area contributed by atoms with E-state index in [1.807, 2.05) is 6.08 Å². The van der Waals surface area contributed by atoms with Crippen molar-refractivity contribution in [1.82, 2.24) is 0 Å². The minimum atomic E-state index is -0.818. The highest BCUT2D eigenvalue weighted by Crippen LogP contribution is 2.17. The topological polar surface area (TPSA) is 78.9 Å². The lowest BCUT2D eigenvalue weighted by atomic mass is 10.0. The van der Waals surface area contributed by atoms with E-state index in [0.29, 0.717) is 19.3 Å². The van der Waals surface area contributed by atoms with Gasteiger partial charge in [-0.2, -0.15) is 0 Å².